The topological polar surface area (TPSA) is 164 Å². The second-order valence-electron chi connectivity index (χ2n) is 9.40. The van der Waals surface area contributed by atoms with Crippen LogP contribution < -0.4 is 15.4 Å². The zero-order valence-corrected chi connectivity index (χ0v) is 24.8. The van der Waals surface area contributed by atoms with Crippen LogP contribution in [0.1, 0.15) is 26.0 Å². The van der Waals surface area contributed by atoms with Crippen molar-refractivity contribution in [2.75, 3.05) is 50.1 Å². The van der Waals surface area contributed by atoms with E-state index in [1.54, 1.807) is 19.1 Å². The number of amides is 1. The third-order valence-corrected chi connectivity index (χ3v) is 7.33. The number of hydrogen-bond donors (Lipinski definition) is 4. The molecule has 1 amide bonds. The van der Waals surface area contributed by atoms with Gasteiger partial charge in [-0.05, 0) is 50.2 Å². The number of anilines is 3. The van der Waals surface area contributed by atoms with Gasteiger partial charge in [0.15, 0.2) is 5.82 Å². The van der Waals surface area contributed by atoms with Gasteiger partial charge in [0.2, 0.25) is 5.91 Å². The summed E-state index contributed by atoms with van der Waals surface area (Å²) in [6, 6.07) is 12.9. The summed E-state index contributed by atoms with van der Waals surface area (Å²) in [5, 5.41) is 13.6. The second kappa shape index (κ2) is 15.5. The molecule has 0 radical (unpaired) electrons. The average molecular weight is 616 g/mol. The highest BCUT2D eigenvalue weighted by Gasteiger charge is 2.20. The largest absolute Gasteiger partial charge is 0.493 e. The summed E-state index contributed by atoms with van der Waals surface area (Å²) in [4.78, 5) is 32.6. The van der Waals surface area contributed by atoms with E-state index in [0.717, 1.165) is 24.9 Å². The fourth-order valence-corrected chi connectivity index (χ4v) is 4.91. The lowest BCUT2D eigenvalue weighted by Gasteiger charge is -2.21. The molecule has 0 saturated heterocycles. The van der Waals surface area contributed by atoms with Crippen molar-refractivity contribution in [2.45, 2.75) is 26.7 Å². The van der Waals surface area contributed by atoms with Gasteiger partial charge in [0.1, 0.15) is 23.7 Å². The maximum absolute atomic E-state index is 13.4. The first-order valence-electron chi connectivity index (χ1n) is 13.8. The van der Waals surface area contributed by atoms with Crippen LogP contribution in [0.15, 0.2) is 54.9 Å². The summed E-state index contributed by atoms with van der Waals surface area (Å²) >= 11 is 0. The maximum Gasteiger partial charge on any atom is 0.472 e. The number of nitrogens with zero attached hydrogens (tertiary/aromatic N) is 4. The fraction of sp³-hybridized carbons (Fsp3) is 0.357. The van der Waals surface area contributed by atoms with E-state index < -0.39 is 13.6 Å². The first-order chi connectivity index (χ1) is 20.7. The number of H-pyrrole nitrogens is 1. The molecule has 0 spiro atoms. The minimum atomic E-state index is -3.99. The molecule has 2 heterocycles. The van der Waals surface area contributed by atoms with E-state index in [-0.39, 0.29) is 25.5 Å². The van der Waals surface area contributed by atoms with E-state index in [1.165, 1.54) is 24.5 Å². The number of hydrogen-bond acceptors (Lipinski definition) is 10. The molecule has 0 fully saturated rings. The van der Waals surface area contributed by atoms with Gasteiger partial charge in [-0.1, -0.05) is 13.0 Å². The third-order valence-electron chi connectivity index (χ3n) is 6.23. The number of ether oxygens (including phenoxy) is 1. The van der Waals surface area contributed by atoms with Crippen LogP contribution in [0.3, 0.4) is 0 Å². The van der Waals surface area contributed by atoms with Crippen molar-refractivity contribution in [3.8, 4) is 5.75 Å². The first-order valence-corrected chi connectivity index (χ1v) is 15.3. The van der Waals surface area contributed by atoms with E-state index in [9.17, 15) is 18.6 Å². The van der Waals surface area contributed by atoms with E-state index in [0.29, 0.717) is 47.4 Å². The van der Waals surface area contributed by atoms with Crippen molar-refractivity contribution in [1.29, 1.82) is 0 Å². The summed E-state index contributed by atoms with van der Waals surface area (Å²) in [6.07, 6.45) is 2.21. The maximum atomic E-state index is 13.4. The van der Waals surface area contributed by atoms with Gasteiger partial charge in [-0.25, -0.2) is 18.9 Å². The van der Waals surface area contributed by atoms with Crippen molar-refractivity contribution < 1.29 is 32.4 Å². The van der Waals surface area contributed by atoms with E-state index in [2.05, 4.69) is 35.7 Å². The van der Waals surface area contributed by atoms with Gasteiger partial charge in [0, 0.05) is 42.0 Å². The quantitative estimate of drug-likeness (QED) is 0.0965. The number of likely N-dealkylation sites (N-methyl/N-ethyl adjacent to an activating group) is 1. The van der Waals surface area contributed by atoms with Crippen LogP contribution in [0.5, 0.6) is 5.75 Å². The minimum Gasteiger partial charge on any atom is -0.493 e. The van der Waals surface area contributed by atoms with Crippen molar-refractivity contribution in [1.82, 2.24) is 25.1 Å². The zero-order chi connectivity index (χ0) is 30.7. The molecule has 0 aliphatic rings. The molecule has 0 saturated carbocycles. The molecule has 2 aromatic heterocycles. The summed E-state index contributed by atoms with van der Waals surface area (Å²) in [5.74, 6) is 0.928. The lowest BCUT2D eigenvalue weighted by atomic mass is 10.2. The van der Waals surface area contributed by atoms with Crippen molar-refractivity contribution >= 4 is 42.0 Å². The molecule has 1 unspecified atom stereocenters. The van der Waals surface area contributed by atoms with Crippen LogP contribution in [-0.2, 0) is 24.8 Å². The molecule has 1 atom stereocenters. The minimum absolute atomic E-state index is 0.0267. The fourth-order valence-electron chi connectivity index (χ4n) is 4.20. The molecule has 43 heavy (non-hydrogen) atoms. The van der Waals surface area contributed by atoms with E-state index in [4.69, 9.17) is 13.8 Å². The molecule has 4 rings (SSSR count). The smallest absolute Gasteiger partial charge is 0.472 e. The predicted octanol–water partition coefficient (Wildman–Crippen LogP) is 4.66. The van der Waals surface area contributed by atoms with Gasteiger partial charge in [0.05, 0.1) is 31.8 Å². The van der Waals surface area contributed by atoms with Crippen molar-refractivity contribution in [3.63, 3.8) is 0 Å². The predicted molar refractivity (Wildman–Crippen MR) is 160 cm³/mol. The standard InChI is InChI=1S/C28H35FN7O6P/c1-3-36(12-14-42-43(38,39)41-4-2)11-6-13-40-23-9-10-24-25(18-23)30-19-31-28(24)33-26-16-22(34-35-26)17-27(37)32-21-8-5-7-20(29)15-21/h5,7-10,15-16,18-19H,3-4,6,11-14,17H2,1-2H3,(H,32,37)(H,38,39)(H2,30,31,33,34,35). The van der Waals surface area contributed by atoms with Gasteiger partial charge in [-0.15, -0.1) is 0 Å². The molecule has 230 valence electrons. The number of aromatic amines is 1. The Hall–Kier alpha value is -3.94. The number of carbonyl (C=O) groups is 1. The van der Waals surface area contributed by atoms with Crippen molar-refractivity contribution in [3.05, 3.63) is 66.4 Å². The number of nitrogens with one attached hydrogen (secondary N) is 3. The highest BCUT2D eigenvalue weighted by molar-refractivity contribution is 7.47. The van der Waals surface area contributed by atoms with Crippen LogP contribution >= 0.6 is 7.82 Å². The normalized spacial score (nSPS) is 12.8. The Morgan fingerprint density at radius 1 is 1.09 bits per heavy atom. The Morgan fingerprint density at radius 3 is 2.74 bits per heavy atom. The Balaban J connectivity index is 1.26. The molecule has 0 aliphatic heterocycles. The summed E-state index contributed by atoms with van der Waals surface area (Å²) in [6.45, 7) is 6.29. The summed E-state index contributed by atoms with van der Waals surface area (Å²) in [7, 11) is -3.99. The lowest BCUT2D eigenvalue weighted by Crippen LogP contribution is -2.29. The molecule has 15 heteroatoms. The number of halogens is 1. The Kier molecular flexibility index (Phi) is 11.5. The summed E-state index contributed by atoms with van der Waals surface area (Å²) in [5.41, 5.74) is 1.62. The van der Waals surface area contributed by atoms with Gasteiger partial charge in [0.25, 0.3) is 0 Å². The van der Waals surface area contributed by atoms with E-state index in [1.807, 2.05) is 25.1 Å². The zero-order valence-electron chi connectivity index (χ0n) is 24.0. The number of fused-ring (bicyclic) bond motifs is 1. The van der Waals surface area contributed by atoms with E-state index >= 15 is 0 Å². The molecule has 2 aromatic carbocycles. The molecular formula is C28H35FN7O6P. The lowest BCUT2D eigenvalue weighted by molar-refractivity contribution is -0.115. The Morgan fingerprint density at radius 2 is 1.95 bits per heavy atom. The monoisotopic (exact) mass is 615 g/mol. The SMILES string of the molecule is CCOP(=O)(O)OCCN(CC)CCCOc1ccc2c(Nc3cc(CC(=O)Nc4cccc(F)c4)[nH]n3)ncnc2c1. The van der Waals surface area contributed by atoms with Crippen LogP contribution in [0.25, 0.3) is 10.9 Å². The second-order valence-corrected chi connectivity index (χ2v) is 10.8. The molecular weight excluding hydrogens is 580 g/mol. The number of benzene rings is 2. The van der Waals surface area contributed by atoms with Crippen LogP contribution in [0, 0.1) is 5.82 Å². The van der Waals surface area contributed by atoms with Gasteiger partial charge < -0.3 is 25.2 Å². The molecule has 0 aliphatic carbocycles. The number of aromatic nitrogens is 4. The number of rotatable bonds is 17. The number of phosphoric ester groups is 1. The van der Waals surface area contributed by atoms with Crippen LogP contribution in [0.4, 0.5) is 21.7 Å². The molecule has 0 bridgehead atoms. The Bertz CT molecular complexity index is 1560. The van der Waals surface area contributed by atoms with Crippen LogP contribution in [-0.4, -0.2) is 75.3 Å². The number of carbonyl (C=O) groups excluding carboxylic acids is 1. The van der Waals surface area contributed by atoms with Gasteiger partial charge in [-0.2, -0.15) is 5.10 Å². The molecule has 4 aromatic rings. The molecule has 4 N–H and O–H groups in total. The van der Waals surface area contributed by atoms with Gasteiger partial charge in [-0.3, -0.25) is 18.9 Å². The molecule has 13 nitrogen and oxygen atoms in total. The third kappa shape index (κ3) is 10.1. The van der Waals surface area contributed by atoms with Gasteiger partial charge >= 0.3 is 7.82 Å². The Labute approximate surface area is 248 Å². The summed E-state index contributed by atoms with van der Waals surface area (Å²) < 4.78 is 40.6. The van der Waals surface area contributed by atoms with Crippen molar-refractivity contribution in [2.24, 2.45) is 0 Å². The average Bonchev–Trinajstić information content (AvgIpc) is 3.40. The first kappa shape index (κ1) is 32.0. The van der Waals surface area contributed by atoms with Crippen LogP contribution in [0.2, 0.25) is 0 Å². The highest BCUT2D eigenvalue weighted by Crippen LogP contribution is 2.42. The highest BCUT2D eigenvalue weighted by atomic mass is 31.2. The number of phosphoric acid groups is 1.